The Bertz CT molecular complexity index is 540. The second-order valence-electron chi connectivity index (χ2n) is 6.59. The van der Waals surface area contributed by atoms with Crippen molar-refractivity contribution >= 4 is 15.9 Å². The number of methoxy groups -OCH3 is 1. The van der Waals surface area contributed by atoms with Crippen LogP contribution in [0.2, 0.25) is 0 Å². The monoisotopic (exact) mass is 342 g/mol. The quantitative estimate of drug-likeness (QED) is 0.892. The lowest BCUT2D eigenvalue weighted by Crippen LogP contribution is -2.37. The molecule has 2 rings (SSSR count). The summed E-state index contributed by atoms with van der Waals surface area (Å²) in [4.78, 5) is 19.9. The number of hydrogen-bond donors (Lipinski definition) is 1. The predicted molar refractivity (Wildman–Crippen MR) is 83.0 cm³/mol. The third-order valence-corrected chi connectivity index (χ3v) is 4.79. The second kappa shape index (κ2) is 5.60. The zero-order valence-corrected chi connectivity index (χ0v) is 14.3. The molecule has 0 amide bonds. The van der Waals surface area contributed by atoms with Gasteiger partial charge in [-0.2, -0.15) is 0 Å². The summed E-state index contributed by atoms with van der Waals surface area (Å²) in [5, 5.41) is 0. The number of hydrogen-bond acceptors (Lipinski definition) is 3. The number of nitrogens with zero attached hydrogens (tertiary/aromatic N) is 1. The molecule has 1 aliphatic carbocycles. The summed E-state index contributed by atoms with van der Waals surface area (Å²) in [5.41, 5.74) is 0.0453. The maximum Gasteiger partial charge on any atom is 0.265 e. The number of ether oxygens (including phenoxy) is 1. The van der Waals surface area contributed by atoms with E-state index in [0.29, 0.717) is 10.3 Å². The highest BCUT2D eigenvalue weighted by molar-refractivity contribution is 9.10. The first-order valence-electron chi connectivity index (χ1n) is 7.16. The van der Waals surface area contributed by atoms with Crippen LogP contribution in [0.3, 0.4) is 0 Å². The highest BCUT2D eigenvalue weighted by Crippen LogP contribution is 2.39. The fraction of sp³-hybridized carbons (Fsp3) is 0.733. The molecule has 20 heavy (non-hydrogen) atoms. The van der Waals surface area contributed by atoms with Gasteiger partial charge in [-0.25, -0.2) is 4.98 Å². The Labute approximate surface area is 128 Å². The van der Waals surface area contributed by atoms with E-state index in [2.05, 4.69) is 41.7 Å². The number of aromatic amines is 1. The molecule has 112 valence electrons. The van der Waals surface area contributed by atoms with Crippen molar-refractivity contribution in [3.05, 3.63) is 26.3 Å². The third-order valence-electron chi connectivity index (χ3n) is 4.06. The molecule has 0 spiro atoms. The molecule has 1 N–H and O–H groups in total. The van der Waals surface area contributed by atoms with Gasteiger partial charge in [0.2, 0.25) is 0 Å². The van der Waals surface area contributed by atoms with E-state index in [0.717, 1.165) is 31.4 Å². The standard InChI is InChI=1S/C15H23BrN2O2/c1-14(2,3)11-10(16)12(19)18-13(17-11)15(20-4)8-6-5-7-9-15/h5-9H2,1-4H3,(H,17,18,19). The second-order valence-corrected chi connectivity index (χ2v) is 7.38. The molecule has 1 heterocycles. The zero-order valence-electron chi connectivity index (χ0n) is 12.7. The molecular formula is C15H23BrN2O2. The fourth-order valence-electron chi connectivity index (χ4n) is 2.83. The molecule has 5 heteroatoms. The lowest BCUT2D eigenvalue weighted by Gasteiger charge is -2.35. The minimum atomic E-state index is -0.432. The summed E-state index contributed by atoms with van der Waals surface area (Å²) in [6.07, 6.45) is 5.27. The molecule has 1 aliphatic rings. The lowest BCUT2D eigenvalue weighted by atomic mass is 9.83. The van der Waals surface area contributed by atoms with Crippen LogP contribution in [0.4, 0.5) is 0 Å². The molecule has 0 aromatic carbocycles. The van der Waals surface area contributed by atoms with Gasteiger partial charge in [-0.1, -0.05) is 40.0 Å². The lowest BCUT2D eigenvalue weighted by molar-refractivity contribution is -0.0519. The van der Waals surface area contributed by atoms with Crippen molar-refractivity contribution in [3.63, 3.8) is 0 Å². The van der Waals surface area contributed by atoms with Crippen molar-refractivity contribution in [1.82, 2.24) is 9.97 Å². The third kappa shape index (κ3) is 2.84. The normalized spacial score (nSPS) is 19.1. The molecule has 1 aromatic rings. The van der Waals surface area contributed by atoms with Crippen molar-refractivity contribution in [2.45, 2.75) is 63.9 Å². The van der Waals surface area contributed by atoms with E-state index in [9.17, 15) is 4.79 Å². The van der Waals surface area contributed by atoms with Gasteiger partial charge in [0.25, 0.3) is 5.56 Å². The molecule has 0 saturated heterocycles. The van der Waals surface area contributed by atoms with E-state index in [1.807, 2.05) is 0 Å². The first-order valence-corrected chi connectivity index (χ1v) is 7.95. The molecule has 0 unspecified atom stereocenters. The first kappa shape index (κ1) is 15.7. The zero-order chi connectivity index (χ0) is 15.0. The highest BCUT2D eigenvalue weighted by Gasteiger charge is 2.37. The summed E-state index contributed by atoms with van der Waals surface area (Å²) in [6, 6.07) is 0. The van der Waals surface area contributed by atoms with Crippen molar-refractivity contribution in [2.75, 3.05) is 7.11 Å². The molecule has 4 nitrogen and oxygen atoms in total. The first-order chi connectivity index (χ1) is 9.30. The summed E-state index contributed by atoms with van der Waals surface area (Å²) >= 11 is 3.37. The van der Waals surface area contributed by atoms with E-state index >= 15 is 0 Å². The van der Waals surface area contributed by atoms with Gasteiger partial charge in [-0.15, -0.1) is 0 Å². The number of rotatable bonds is 2. The van der Waals surface area contributed by atoms with Crippen LogP contribution in [0.1, 0.15) is 64.4 Å². The maximum absolute atomic E-state index is 12.2. The summed E-state index contributed by atoms with van der Waals surface area (Å²) in [5.74, 6) is 0.679. The maximum atomic E-state index is 12.2. The topological polar surface area (TPSA) is 55.0 Å². The Kier molecular flexibility index (Phi) is 4.40. The molecular weight excluding hydrogens is 320 g/mol. The van der Waals surface area contributed by atoms with Crippen molar-refractivity contribution < 1.29 is 4.74 Å². The van der Waals surface area contributed by atoms with Crippen LogP contribution < -0.4 is 5.56 Å². The van der Waals surface area contributed by atoms with Gasteiger partial charge >= 0.3 is 0 Å². The number of halogens is 1. The molecule has 0 radical (unpaired) electrons. The van der Waals surface area contributed by atoms with Crippen LogP contribution in [0.25, 0.3) is 0 Å². The van der Waals surface area contributed by atoms with Gasteiger partial charge in [-0.05, 0) is 28.8 Å². The van der Waals surface area contributed by atoms with Crippen LogP contribution >= 0.6 is 15.9 Å². The smallest absolute Gasteiger partial charge is 0.265 e. The van der Waals surface area contributed by atoms with Crippen molar-refractivity contribution in [1.29, 1.82) is 0 Å². The Morgan fingerprint density at radius 2 is 1.85 bits per heavy atom. The van der Waals surface area contributed by atoms with Crippen LogP contribution in [0, 0.1) is 0 Å². The average Bonchev–Trinajstić information content (AvgIpc) is 2.41. The summed E-state index contributed by atoms with van der Waals surface area (Å²) in [6.45, 7) is 6.18. The van der Waals surface area contributed by atoms with Gasteiger partial charge in [0.1, 0.15) is 15.9 Å². The minimum Gasteiger partial charge on any atom is -0.370 e. The SMILES string of the molecule is COC1(c2nc(C(C)(C)C)c(Br)c(=O)[nH]2)CCCCC1. The van der Waals surface area contributed by atoms with Gasteiger partial charge in [0.05, 0.1) is 5.69 Å². The van der Waals surface area contributed by atoms with E-state index in [1.54, 1.807) is 7.11 Å². The molecule has 1 fully saturated rings. The molecule has 0 bridgehead atoms. The number of aromatic nitrogens is 2. The number of H-pyrrole nitrogens is 1. The molecule has 1 aromatic heterocycles. The number of nitrogens with one attached hydrogen (secondary N) is 1. The Balaban J connectivity index is 2.57. The molecule has 0 aliphatic heterocycles. The van der Waals surface area contributed by atoms with E-state index in [4.69, 9.17) is 9.72 Å². The van der Waals surface area contributed by atoms with E-state index in [1.165, 1.54) is 6.42 Å². The molecule has 0 atom stereocenters. The Hall–Kier alpha value is -0.680. The van der Waals surface area contributed by atoms with Crippen LogP contribution in [0.5, 0.6) is 0 Å². The van der Waals surface area contributed by atoms with Gasteiger partial charge in [-0.3, -0.25) is 4.79 Å². The Morgan fingerprint density at radius 1 is 1.25 bits per heavy atom. The highest BCUT2D eigenvalue weighted by atomic mass is 79.9. The summed E-state index contributed by atoms with van der Waals surface area (Å²) < 4.78 is 6.30. The van der Waals surface area contributed by atoms with Gasteiger partial charge < -0.3 is 9.72 Å². The average molecular weight is 343 g/mol. The van der Waals surface area contributed by atoms with E-state index < -0.39 is 5.60 Å². The fourth-order valence-corrected chi connectivity index (χ4v) is 3.61. The minimum absolute atomic E-state index is 0.123. The van der Waals surface area contributed by atoms with Crippen molar-refractivity contribution in [2.24, 2.45) is 0 Å². The van der Waals surface area contributed by atoms with Crippen LogP contribution in [-0.4, -0.2) is 17.1 Å². The largest absolute Gasteiger partial charge is 0.370 e. The van der Waals surface area contributed by atoms with Crippen LogP contribution in [0.15, 0.2) is 9.27 Å². The molecule has 1 saturated carbocycles. The van der Waals surface area contributed by atoms with Gasteiger partial charge in [0, 0.05) is 12.5 Å². The van der Waals surface area contributed by atoms with Crippen molar-refractivity contribution in [3.8, 4) is 0 Å². The summed E-state index contributed by atoms with van der Waals surface area (Å²) in [7, 11) is 1.71. The van der Waals surface area contributed by atoms with Gasteiger partial charge in [0.15, 0.2) is 0 Å². The van der Waals surface area contributed by atoms with E-state index in [-0.39, 0.29) is 11.0 Å². The predicted octanol–water partition coefficient (Wildman–Crippen LogP) is 3.64. The van der Waals surface area contributed by atoms with Crippen LogP contribution in [-0.2, 0) is 15.8 Å². The Morgan fingerprint density at radius 3 is 2.35 bits per heavy atom.